The number of hydrogen-bond donors (Lipinski definition) is 2. The highest BCUT2D eigenvalue weighted by Crippen LogP contribution is 2.23. The van der Waals surface area contributed by atoms with E-state index in [2.05, 4.69) is 79.9 Å². The minimum absolute atomic E-state index is 0.0103. The molecule has 0 aromatic heterocycles. The molecule has 0 unspecified atom stereocenters. The molecule has 0 atom stereocenters. The first kappa shape index (κ1) is 17.8. The van der Waals surface area contributed by atoms with Crippen LogP contribution in [0.4, 0.5) is 5.69 Å². The van der Waals surface area contributed by atoms with E-state index >= 15 is 0 Å². The topological polar surface area (TPSA) is 24.1 Å². The van der Waals surface area contributed by atoms with Gasteiger partial charge in [-0.1, -0.05) is 37.3 Å². The summed E-state index contributed by atoms with van der Waals surface area (Å²) in [6.07, 6.45) is 1.02. The molecule has 0 aliphatic heterocycles. The molecule has 0 radical (unpaired) electrons. The molecule has 2 rings (SSSR count). The van der Waals surface area contributed by atoms with Gasteiger partial charge in [-0.15, -0.1) is 11.8 Å². The van der Waals surface area contributed by atoms with Crippen molar-refractivity contribution >= 4 is 34.8 Å². The van der Waals surface area contributed by atoms with Gasteiger partial charge >= 0.3 is 0 Å². The molecule has 2 aromatic carbocycles. The highest BCUT2D eigenvalue weighted by Gasteiger charge is 2.15. The van der Waals surface area contributed by atoms with E-state index in [4.69, 9.17) is 12.2 Å². The third kappa shape index (κ3) is 6.24. The van der Waals surface area contributed by atoms with Gasteiger partial charge in [0.25, 0.3) is 0 Å². The molecule has 2 N–H and O–H groups in total. The third-order valence-electron chi connectivity index (χ3n) is 3.70. The highest BCUT2D eigenvalue weighted by atomic mass is 32.2. The molecule has 2 aromatic rings. The molecule has 0 aliphatic rings. The normalized spacial score (nSPS) is 11.1. The zero-order valence-electron chi connectivity index (χ0n) is 13.9. The maximum atomic E-state index is 5.37. The summed E-state index contributed by atoms with van der Waals surface area (Å²) in [6.45, 7) is 6.44. The Morgan fingerprint density at radius 2 is 1.70 bits per heavy atom. The van der Waals surface area contributed by atoms with Crippen molar-refractivity contribution in [1.29, 1.82) is 0 Å². The van der Waals surface area contributed by atoms with Crippen molar-refractivity contribution in [3.05, 3.63) is 60.2 Å². The molecule has 122 valence electrons. The van der Waals surface area contributed by atoms with Crippen LogP contribution in [0.25, 0.3) is 0 Å². The summed E-state index contributed by atoms with van der Waals surface area (Å²) in [5.41, 5.74) is 2.33. The Morgan fingerprint density at radius 1 is 1.04 bits per heavy atom. The molecular weight excluding hydrogens is 320 g/mol. The predicted molar refractivity (Wildman–Crippen MR) is 106 cm³/mol. The van der Waals surface area contributed by atoms with Crippen molar-refractivity contribution in [2.75, 3.05) is 5.32 Å². The van der Waals surface area contributed by atoms with Gasteiger partial charge in [-0.2, -0.15) is 0 Å². The molecule has 0 bridgehead atoms. The minimum Gasteiger partial charge on any atom is -0.358 e. The molecule has 0 fully saturated rings. The van der Waals surface area contributed by atoms with Crippen LogP contribution < -0.4 is 10.6 Å². The Kier molecular flexibility index (Phi) is 6.48. The summed E-state index contributed by atoms with van der Waals surface area (Å²) < 4.78 is 0. The van der Waals surface area contributed by atoms with Crippen molar-refractivity contribution in [3.8, 4) is 0 Å². The number of rotatable bonds is 6. The molecule has 2 nitrogen and oxygen atoms in total. The number of benzene rings is 2. The van der Waals surface area contributed by atoms with Crippen molar-refractivity contribution in [2.24, 2.45) is 0 Å². The van der Waals surface area contributed by atoms with Crippen LogP contribution in [0.15, 0.2) is 59.5 Å². The summed E-state index contributed by atoms with van der Waals surface area (Å²) in [5.74, 6) is 0.968. The Bertz CT molecular complexity index is 622. The van der Waals surface area contributed by atoms with E-state index in [0.717, 1.165) is 17.9 Å². The average Bonchev–Trinajstić information content (AvgIpc) is 2.54. The second-order valence-electron chi connectivity index (χ2n) is 6.12. The van der Waals surface area contributed by atoms with E-state index in [9.17, 15) is 0 Å². The first-order chi connectivity index (χ1) is 11.0. The lowest BCUT2D eigenvalue weighted by Gasteiger charge is -2.26. The predicted octanol–water partition coefficient (Wildman–Crippen LogP) is 5.45. The number of thioether (sulfide) groups is 1. The first-order valence-electron chi connectivity index (χ1n) is 7.84. The first-order valence-corrected chi connectivity index (χ1v) is 9.24. The fourth-order valence-corrected chi connectivity index (χ4v) is 3.20. The van der Waals surface area contributed by atoms with Gasteiger partial charge in [0.05, 0.1) is 0 Å². The summed E-state index contributed by atoms with van der Waals surface area (Å²) in [6, 6.07) is 18.9. The Morgan fingerprint density at radius 3 is 2.30 bits per heavy atom. The maximum absolute atomic E-state index is 5.37. The Hall–Kier alpha value is -1.52. The smallest absolute Gasteiger partial charge is 0.171 e. The summed E-state index contributed by atoms with van der Waals surface area (Å²) in [7, 11) is 0. The van der Waals surface area contributed by atoms with Crippen molar-refractivity contribution in [2.45, 2.75) is 43.4 Å². The SMILES string of the molecule is CCC(C)(C)NC(=S)Nc1ccc(CSc2ccccc2)cc1. The quantitative estimate of drug-likeness (QED) is 0.537. The van der Waals surface area contributed by atoms with Crippen LogP contribution in [0.2, 0.25) is 0 Å². The molecule has 0 aliphatic carbocycles. The second-order valence-corrected chi connectivity index (χ2v) is 7.57. The zero-order valence-corrected chi connectivity index (χ0v) is 15.6. The minimum atomic E-state index is 0.0103. The Balaban J connectivity index is 1.86. The molecule has 0 heterocycles. The monoisotopic (exact) mass is 344 g/mol. The van der Waals surface area contributed by atoms with Crippen LogP contribution in [-0.2, 0) is 5.75 Å². The molecule has 0 saturated carbocycles. The van der Waals surface area contributed by atoms with Crippen molar-refractivity contribution < 1.29 is 0 Å². The molecule has 0 amide bonds. The number of nitrogens with one attached hydrogen (secondary N) is 2. The number of thiocarbonyl (C=S) groups is 1. The van der Waals surface area contributed by atoms with Crippen LogP contribution >= 0.6 is 24.0 Å². The molecule has 23 heavy (non-hydrogen) atoms. The van der Waals surface area contributed by atoms with Crippen molar-refractivity contribution in [3.63, 3.8) is 0 Å². The number of anilines is 1. The van der Waals surface area contributed by atoms with E-state index in [1.54, 1.807) is 0 Å². The fourth-order valence-electron chi connectivity index (χ4n) is 1.93. The van der Waals surface area contributed by atoms with Crippen LogP contribution in [0, 0.1) is 0 Å². The van der Waals surface area contributed by atoms with E-state index in [1.165, 1.54) is 10.5 Å². The second kappa shape index (κ2) is 8.37. The van der Waals surface area contributed by atoms with Crippen LogP contribution in [0.3, 0.4) is 0 Å². The van der Waals surface area contributed by atoms with Crippen LogP contribution in [0.1, 0.15) is 32.8 Å². The van der Waals surface area contributed by atoms with E-state index in [-0.39, 0.29) is 5.54 Å². The summed E-state index contributed by atoms with van der Waals surface area (Å²) in [5, 5.41) is 7.25. The lowest BCUT2D eigenvalue weighted by molar-refractivity contribution is 0.448. The average molecular weight is 345 g/mol. The molecule has 0 saturated heterocycles. The van der Waals surface area contributed by atoms with Gasteiger partial charge in [0.15, 0.2) is 5.11 Å². The third-order valence-corrected chi connectivity index (χ3v) is 4.98. The summed E-state index contributed by atoms with van der Waals surface area (Å²) >= 11 is 7.22. The van der Waals surface area contributed by atoms with Gasteiger partial charge in [0.2, 0.25) is 0 Å². The van der Waals surface area contributed by atoms with Gasteiger partial charge in [-0.3, -0.25) is 0 Å². The Labute approximate surface area is 149 Å². The van der Waals surface area contributed by atoms with E-state index in [1.807, 2.05) is 17.8 Å². The summed E-state index contributed by atoms with van der Waals surface area (Å²) in [4.78, 5) is 1.29. The van der Waals surface area contributed by atoms with Gasteiger partial charge < -0.3 is 10.6 Å². The lowest BCUT2D eigenvalue weighted by Crippen LogP contribution is -2.44. The molecule has 4 heteroatoms. The van der Waals surface area contributed by atoms with Gasteiger partial charge in [-0.25, -0.2) is 0 Å². The van der Waals surface area contributed by atoms with Crippen LogP contribution in [-0.4, -0.2) is 10.7 Å². The molecular formula is C19H24N2S2. The zero-order chi connectivity index (χ0) is 16.7. The molecule has 0 spiro atoms. The van der Waals surface area contributed by atoms with E-state index < -0.39 is 0 Å². The van der Waals surface area contributed by atoms with Gasteiger partial charge in [-0.05, 0) is 62.3 Å². The number of hydrogen-bond acceptors (Lipinski definition) is 2. The highest BCUT2D eigenvalue weighted by molar-refractivity contribution is 7.98. The van der Waals surface area contributed by atoms with Gasteiger partial charge in [0, 0.05) is 21.9 Å². The fraction of sp³-hybridized carbons (Fsp3) is 0.316. The largest absolute Gasteiger partial charge is 0.358 e. The lowest BCUT2D eigenvalue weighted by atomic mass is 10.0. The van der Waals surface area contributed by atoms with Crippen LogP contribution in [0.5, 0.6) is 0 Å². The van der Waals surface area contributed by atoms with E-state index in [0.29, 0.717) is 5.11 Å². The maximum Gasteiger partial charge on any atom is 0.171 e. The van der Waals surface area contributed by atoms with Gasteiger partial charge in [0.1, 0.15) is 0 Å². The standard InChI is InChI=1S/C19H24N2S2/c1-4-19(2,3)21-18(22)20-16-12-10-15(11-13-16)14-23-17-8-6-5-7-9-17/h5-13H,4,14H2,1-3H3,(H2,20,21,22). The van der Waals surface area contributed by atoms with Crippen molar-refractivity contribution in [1.82, 2.24) is 5.32 Å².